The first-order chi connectivity index (χ1) is 15.7. The molecule has 9 nitrogen and oxygen atoms in total. The predicted octanol–water partition coefficient (Wildman–Crippen LogP) is 3.84. The van der Waals surface area contributed by atoms with Crippen molar-refractivity contribution >= 4 is 30.2 Å². The van der Waals surface area contributed by atoms with Crippen LogP contribution in [0.4, 0.5) is 23.8 Å². The van der Waals surface area contributed by atoms with Crippen molar-refractivity contribution in [2.24, 2.45) is 4.99 Å². The van der Waals surface area contributed by atoms with Crippen LogP contribution in [0, 0.1) is 0 Å². The van der Waals surface area contributed by atoms with Crippen LogP contribution in [0.5, 0.6) is 5.75 Å². The van der Waals surface area contributed by atoms with Crippen LogP contribution < -0.4 is 10.1 Å². The molecule has 0 bridgehead atoms. The average Bonchev–Trinajstić information content (AvgIpc) is 3.36. The zero-order valence-corrected chi connectivity index (χ0v) is 17.4. The molecule has 0 spiro atoms. The van der Waals surface area contributed by atoms with E-state index in [9.17, 15) is 22.8 Å². The SMILES string of the molecule is C=CC(=O)NCc1nn(-c2ccc(OC(F)(F)F)cc2)c(N=C)c1/C(=C\C)[C@H]1COC(=O)O1. The van der Waals surface area contributed by atoms with Crippen LogP contribution in [-0.2, 0) is 20.8 Å². The first-order valence-electron chi connectivity index (χ1n) is 9.52. The molecule has 0 unspecified atom stereocenters. The lowest BCUT2D eigenvalue weighted by Crippen LogP contribution is -2.22. The molecule has 0 saturated carbocycles. The highest BCUT2D eigenvalue weighted by atomic mass is 19.4. The van der Waals surface area contributed by atoms with Crippen LogP contribution in [0.25, 0.3) is 11.3 Å². The number of hydrogen-bond acceptors (Lipinski definition) is 7. The second-order valence-electron chi connectivity index (χ2n) is 6.59. The Morgan fingerprint density at radius 3 is 2.61 bits per heavy atom. The number of benzene rings is 1. The van der Waals surface area contributed by atoms with Gasteiger partial charge in [0.15, 0.2) is 11.9 Å². The number of amides is 1. The summed E-state index contributed by atoms with van der Waals surface area (Å²) in [7, 11) is 0. The Hall–Kier alpha value is -4.09. The maximum Gasteiger partial charge on any atom is 0.573 e. The number of hydrogen-bond donors (Lipinski definition) is 1. The quantitative estimate of drug-likeness (QED) is 0.362. The number of halogens is 3. The summed E-state index contributed by atoms with van der Waals surface area (Å²) in [5.74, 6) is -0.636. The molecule has 1 fully saturated rings. The van der Waals surface area contributed by atoms with E-state index in [1.807, 2.05) is 0 Å². The van der Waals surface area contributed by atoms with Gasteiger partial charge < -0.3 is 19.5 Å². The zero-order valence-electron chi connectivity index (χ0n) is 17.4. The molecule has 0 aliphatic carbocycles. The number of rotatable bonds is 8. The second-order valence-corrected chi connectivity index (χ2v) is 6.59. The summed E-state index contributed by atoms with van der Waals surface area (Å²) in [5, 5.41) is 7.08. The summed E-state index contributed by atoms with van der Waals surface area (Å²) in [6.45, 7) is 8.60. The molecule has 1 aliphatic heterocycles. The van der Waals surface area contributed by atoms with Gasteiger partial charge in [-0.15, -0.1) is 13.2 Å². The molecular weight excluding hydrogens is 445 g/mol. The average molecular weight is 464 g/mol. The van der Waals surface area contributed by atoms with Crippen molar-refractivity contribution in [3.8, 4) is 11.4 Å². The number of ether oxygens (including phenoxy) is 3. The van der Waals surface area contributed by atoms with Crippen molar-refractivity contribution in [1.82, 2.24) is 15.1 Å². The number of aromatic nitrogens is 2. The molecule has 33 heavy (non-hydrogen) atoms. The van der Waals surface area contributed by atoms with Crippen LogP contribution in [-0.4, -0.2) is 47.6 Å². The van der Waals surface area contributed by atoms with Gasteiger partial charge in [-0.05, 0) is 44.0 Å². The maximum atomic E-state index is 12.5. The molecule has 1 N–H and O–H groups in total. The smallest absolute Gasteiger partial charge is 0.430 e. The van der Waals surface area contributed by atoms with E-state index in [0.29, 0.717) is 22.5 Å². The fraction of sp³-hybridized carbons (Fsp3) is 0.238. The Labute approximate surface area is 186 Å². The largest absolute Gasteiger partial charge is 0.573 e. The lowest BCUT2D eigenvalue weighted by Gasteiger charge is -2.13. The Kier molecular flexibility index (Phi) is 6.85. The normalized spacial score (nSPS) is 16.1. The van der Waals surface area contributed by atoms with Gasteiger partial charge in [-0.25, -0.2) is 14.5 Å². The van der Waals surface area contributed by atoms with Crippen molar-refractivity contribution < 1.29 is 37.0 Å². The minimum Gasteiger partial charge on any atom is -0.430 e. The Morgan fingerprint density at radius 2 is 2.09 bits per heavy atom. The van der Waals surface area contributed by atoms with Crippen LogP contribution in [0.1, 0.15) is 18.2 Å². The summed E-state index contributed by atoms with van der Waals surface area (Å²) < 4.78 is 52.7. The van der Waals surface area contributed by atoms with E-state index < -0.39 is 30.3 Å². The van der Waals surface area contributed by atoms with Crippen molar-refractivity contribution in [3.05, 3.63) is 54.3 Å². The highest BCUT2D eigenvalue weighted by Crippen LogP contribution is 2.36. The van der Waals surface area contributed by atoms with E-state index in [1.165, 1.54) is 16.8 Å². The summed E-state index contributed by atoms with van der Waals surface area (Å²) in [4.78, 5) is 27.2. The molecule has 1 saturated heterocycles. The molecule has 1 atom stereocenters. The first-order valence-corrected chi connectivity index (χ1v) is 9.52. The molecule has 174 valence electrons. The van der Waals surface area contributed by atoms with Gasteiger partial charge in [-0.2, -0.15) is 5.10 Å². The Morgan fingerprint density at radius 1 is 1.39 bits per heavy atom. The van der Waals surface area contributed by atoms with E-state index in [4.69, 9.17) is 9.47 Å². The third-order valence-corrected chi connectivity index (χ3v) is 4.55. The summed E-state index contributed by atoms with van der Waals surface area (Å²) in [6.07, 6.45) is -3.64. The topological polar surface area (TPSA) is 104 Å². The van der Waals surface area contributed by atoms with Gasteiger partial charge >= 0.3 is 12.5 Å². The van der Waals surface area contributed by atoms with Gasteiger partial charge in [0, 0.05) is 5.57 Å². The minimum absolute atomic E-state index is 0.0379. The fourth-order valence-electron chi connectivity index (χ4n) is 3.20. The number of cyclic esters (lactones) is 2. The number of nitrogens with one attached hydrogen (secondary N) is 1. The predicted molar refractivity (Wildman–Crippen MR) is 111 cm³/mol. The maximum absolute atomic E-state index is 12.5. The monoisotopic (exact) mass is 464 g/mol. The fourth-order valence-corrected chi connectivity index (χ4v) is 3.20. The van der Waals surface area contributed by atoms with Crippen LogP contribution in [0.15, 0.2) is 48.0 Å². The number of alkyl halides is 3. The van der Waals surface area contributed by atoms with Crippen molar-refractivity contribution in [3.63, 3.8) is 0 Å². The lowest BCUT2D eigenvalue weighted by atomic mass is 9.99. The lowest BCUT2D eigenvalue weighted by molar-refractivity contribution is -0.274. The third kappa shape index (κ3) is 5.40. The Bertz CT molecular complexity index is 1110. The molecule has 1 aliphatic rings. The zero-order chi connectivity index (χ0) is 24.2. The van der Waals surface area contributed by atoms with Crippen molar-refractivity contribution in [2.45, 2.75) is 25.9 Å². The van der Waals surface area contributed by atoms with E-state index >= 15 is 0 Å². The van der Waals surface area contributed by atoms with Gasteiger partial charge in [0.05, 0.1) is 23.5 Å². The van der Waals surface area contributed by atoms with Crippen LogP contribution in [0.3, 0.4) is 0 Å². The molecule has 1 aromatic heterocycles. The molecule has 3 rings (SSSR count). The molecule has 1 aromatic carbocycles. The van der Waals surface area contributed by atoms with Crippen LogP contribution >= 0.6 is 0 Å². The molecule has 1 amide bonds. The first kappa shape index (κ1) is 23.6. The summed E-state index contributed by atoms with van der Waals surface area (Å²) in [5.41, 5.74) is 1.63. The highest BCUT2D eigenvalue weighted by molar-refractivity contribution is 5.87. The molecule has 2 heterocycles. The van der Waals surface area contributed by atoms with Gasteiger partial charge in [0.25, 0.3) is 0 Å². The minimum atomic E-state index is -4.83. The van der Waals surface area contributed by atoms with Crippen LogP contribution in [0.2, 0.25) is 0 Å². The summed E-state index contributed by atoms with van der Waals surface area (Å²) >= 11 is 0. The van der Waals surface area contributed by atoms with Crippen molar-refractivity contribution in [2.75, 3.05) is 6.61 Å². The summed E-state index contributed by atoms with van der Waals surface area (Å²) in [6, 6.07) is 4.96. The van der Waals surface area contributed by atoms with E-state index in [1.54, 1.807) is 13.0 Å². The van der Waals surface area contributed by atoms with Crippen molar-refractivity contribution in [1.29, 1.82) is 0 Å². The number of nitrogens with zero attached hydrogens (tertiary/aromatic N) is 3. The van der Waals surface area contributed by atoms with E-state index in [2.05, 4.69) is 33.4 Å². The molecular formula is C21H19F3N4O5. The number of carbonyl (C=O) groups excluding carboxylic acids is 2. The van der Waals surface area contributed by atoms with E-state index in [0.717, 1.165) is 18.2 Å². The van der Waals surface area contributed by atoms with Gasteiger partial charge in [-0.3, -0.25) is 4.79 Å². The molecule has 12 heteroatoms. The number of aliphatic imine (C=N–C) groups is 1. The van der Waals surface area contributed by atoms with Gasteiger partial charge in [0.1, 0.15) is 12.4 Å². The number of allylic oxidation sites excluding steroid dienone is 1. The highest BCUT2D eigenvalue weighted by Gasteiger charge is 2.34. The number of carbonyl (C=O) groups is 2. The van der Waals surface area contributed by atoms with Gasteiger partial charge in [-0.1, -0.05) is 12.7 Å². The third-order valence-electron chi connectivity index (χ3n) is 4.55. The second kappa shape index (κ2) is 9.59. The van der Waals surface area contributed by atoms with E-state index in [-0.39, 0.29) is 19.0 Å². The standard InChI is InChI=1S/C21H19F3N4O5/c1-4-14(16-11-31-20(30)32-16)18-15(10-26-17(29)5-2)27-28(19(18)25-3)12-6-8-13(9-7-12)33-21(22,23)24/h4-9,16H,2-3,10-11H2,1H3,(H,26,29)/b14-4-/t16-/m1/s1. The molecule has 0 radical (unpaired) electrons. The Balaban J connectivity index is 2.07. The van der Waals surface area contributed by atoms with Gasteiger partial charge in [0.2, 0.25) is 5.91 Å². The molecule has 2 aromatic rings.